The molecule has 2 aromatic carbocycles. The summed E-state index contributed by atoms with van der Waals surface area (Å²) in [7, 11) is -5.66. The van der Waals surface area contributed by atoms with Crippen LogP contribution >= 0.6 is 15.6 Å². The number of nitrogens with one attached hydrogen (secondary N) is 7. The van der Waals surface area contributed by atoms with Crippen LogP contribution in [0.5, 0.6) is 5.75 Å². The lowest BCUT2D eigenvalue weighted by Crippen LogP contribution is -2.61. The first kappa shape index (κ1) is 80.8. The van der Waals surface area contributed by atoms with Gasteiger partial charge >= 0.3 is 21.7 Å². The van der Waals surface area contributed by atoms with Crippen molar-refractivity contribution < 1.29 is 104 Å². The first-order valence-electron chi connectivity index (χ1n) is 32.6. The van der Waals surface area contributed by atoms with Gasteiger partial charge in [-0.15, -0.1) is 0 Å². The summed E-state index contributed by atoms with van der Waals surface area (Å²) in [5.41, 5.74) is 0.214. The summed E-state index contributed by atoms with van der Waals surface area (Å²) in [6, 6.07) is 7.73. The average molecular weight is 1460 g/mol. The molecule has 3 fully saturated rings. The standard InChI is InChI=1S/C63H90N14O22P2/c1-38(2)54-59(86)65-30-44(70-58(85)53-48(29-42-21-13-14-22-43(42)69-53)96-37-98-101(93,94)99-100(91,92)97-28-25-64-40(5)78)61(88)76-26-17-15-23-46(76)56(83)67-32-49(79)73(7)35-52(82)75(9)55(39(3)4)60(87)66-31-45(71-63(90)95-36-41-19-11-10-12-20-41)62(89)77-27-18-16-24-47(77)57(84)68-33-50(80)72(6)34-51(81)74(54)8/h10-14,19-22,29,38-39,44-47,54-55H,15-18,23-28,30-37H2,1-9H3,(H,64,78)(H,65,86)(H,66,87)(H,67,83)(H,68,84)(H,70,85)(H,71,90)(H,91,92)(H,93,94)/t44-,45-,46+,47+,54+,55+/m1/s1. The van der Waals surface area contributed by atoms with Crippen LogP contribution in [0.2, 0.25) is 0 Å². The molecule has 101 heavy (non-hydrogen) atoms. The fourth-order valence-corrected chi connectivity index (χ4v) is 13.3. The van der Waals surface area contributed by atoms with Crippen LogP contribution in [0.15, 0.2) is 60.7 Å². The van der Waals surface area contributed by atoms with E-state index >= 15 is 4.79 Å². The van der Waals surface area contributed by atoms with E-state index in [4.69, 9.17) is 14.0 Å². The first-order chi connectivity index (χ1) is 47.7. The second-order valence-corrected chi connectivity index (χ2v) is 28.0. The number of phosphoric acid groups is 2. The Morgan fingerprint density at radius 1 is 0.624 bits per heavy atom. The third-order valence-corrected chi connectivity index (χ3v) is 19.3. The van der Waals surface area contributed by atoms with Crippen LogP contribution in [-0.2, 0) is 86.6 Å². The average Bonchev–Trinajstić information content (AvgIpc) is 0.806. The van der Waals surface area contributed by atoms with Gasteiger partial charge in [0.25, 0.3) is 5.91 Å². The molecule has 2 unspecified atom stereocenters. The second kappa shape index (κ2) is 37.5. The number of hydrogen-bond acceptors (Lipinski definition) is 21. The number of fused-ring (bicyclic) bond motifs is 3. The van der Waals surface area contributed by atoms with Crippen molar-refractivity contribution >= 4 is 104 Å². The Morgan fingerprint density at radius 3 is 1.61 bits per heavy atom. The quantitative estimate of drug-likeness (QED) is 0.0466. The number of benzene rings is 2. The van der Waals surface area contributed by atoms with E-state index in [2.05, 4.69) is 51.0 Å². The molecule has 3 aliphatic heterocycles. The van der Waals surface area contributed by atoms with Crippen molar-refractivity contribution in [2.24, 2.45) is 11.8 Å². The summed E-state index contributed by atoms with van der Waals surface area (Å²) in [6.07, 6.45) is 0.741. The van der Waals surface area contributed by atoms with E-state index in [0.717, 1.165) is 24.5 Å². The molecule has 3 saturated heterocycles. The summed E-state index contributed by atoms with van der Waals surface area (Å²) < 4.78 is 50.1. The van der Waals surface area contributed by atoms with Gasteiger partial charge in [-0.25, -0.2) is 23.4 Å². The van der Waals surface area contributed by atoms with E-state index in [1.807, 2.05) is 0 Å². The highest BCUT2D eigenvalue weighted by Gasteiger charge is 2.42. The largest absolute Gasteiger partial charge is 0.484 e. The fraction of sp³-hybridized carbons (Fsp3) is 0.556. The smallest absolute Gasteiger partial charge is 0.464 e. The molecule has 0 bridgehead atoms. The number of hydrogen-bond donors (Lipinski definition) is 9. The minimum Gasteiger partial charge on any atom is -0.464 e. The molecule has 4 heterocycles. The predicted molar refractivity (Wildman–Crippen MR) is 357 cm³/mol. The summed E-state index contributed by atoms with van der Waals surface area (Å²) in [4.78, 5) is 213. The van der Waals surface area contributed by atoms with Gasteiger partial charge in [-0.2, -0.15) is 4.31 Å². The van der Waals surface area contributed by atoms with Crippen molar-refractivity contribution in [3.63, 3.8) is 0 Å². The first-order valence-corrected chi connectivity index (χ1v) is 35.6. The van der Waals surface area contributed by atoms with Crippen molar-refractivity contribution in [2.45, 2.75) is 116 Å². The number of aromatic nitrogens is 1. The van der Waals surface area contributed by atoms with E-state index in [1.165, 1.54) is 52.1 Å². The monoisotopic (exact) mass is 1460 g/mol. The van der Waals surface area contributed by atoms with E-state index in [-0.39, 0.29) is 44.6 Å². The molecule has 3 aromatic rings. The molecule has 13 amide bonds. The molecule has 0 radical (unpaired) electrons. The lowest BCUT2D eigenvalue weighted by atomic mass is 9.99. The molecule has 8 atom stereocenters. The molecule has 9 N–H and O–H groups in total. The summed E-state index contributed by atoms with van der Waals surface area (Å²) >= 11 is 0. The Hall–Kier alpha value is -9.18. The maximum absolute atomic E-state index is 15.2. The maximum Gasteiger partial charge on any atom is 0.484 e. The van der Waals surface area contributed by atoms with Crippen molar-refractivity contribution in [3.8, 4) is 5.75 Å². The number of rotatable bonds is 17. The van der Waals surface area contributed by atoms with Gasteiger partial charge in [-0.3, -0.25) is 62.1 Å². The van der Waals surface area contributed by atoms with Crippen LogP contribution < -0.4 is 42.0 Å². The number of amides is 13. The second-order valence-electron chi connectivity index (χ2n) is 24.9. The van der Waals surface area contributed by atoms with E-state index < -0.39 is 205 Å². The third kappa shape index (κ3) is 23.7. The van der Waals surface area contributed by atoms with E-state index in [1.54, 1.807) is 76.2 Å². The molecule has 6 rings (SSSR count). The number of nitrogens with zero attached hydrogens (tertiary/aromatic N) is 7. The van der Waals surface area contributed by atoms with Crippen LogP contribution in [0.1, 0.15) is 89.2 Å². The molecular formula is C63H90N14O22P2. The van der Waals surface area contributed by atoms with Gasteiger partial charge in [0.1, 0.15) is 42.9 Å². The topological polar surface area (TPSA) is 459 Å². The maximum atomic E-state index is 15.2. The Labute approximate surface area is 583 Å². The lowest BCUT2D eigenvalue weighted by Gasteiger charge is -2.37. The number of carbonyl (C=O) groups excluding carboxylic acids is 13. The number of alkyl carbamates (subject to hydrolysis) is 1. The molecule has 0 saturated carbocycles. The van der Waals surface area contributed by atoms with Gasteiger partial charge in [0.05, 0.1) is 38.3 Å². The van der Waals surface area contributed by atoms with Crippen LogP contribution in [0, 0.1) is 11.8 Å². The zero-order valence-corrected chi connectivity index (χ0v) is 59.5. The molecule has 554 valence electrons. The molecule has 1 aromatic heterocycles. The fourth-order valence-electron chi connectivity index (χ4n) is 11.4. The summed E-state index contributed by atoms with van der Waals surface area (Å²) in [5.74, 6) is -11.4. The molecule has 3 aliphatic rings. The van der Waals surface area contributed by atoms with Crippen LogP contribution in [0.4, 0.5) is 4.79 Å². The van der Waals surface area contributed by atoms with Gasteiger partial charge in [0.15, 0.2) is 11.4 Å². The Bertz CT molecular complexity index is 3630. The number of pyridine rings is 1. The number of likely N-dealkylation sites (N-methyl/N-ethyl adjacent to an activating group) is 4. The van der Waals surface area contributed by atoms with Crippen LogP contribution in [-0.4, -0.2) is 258 Å². The van der Waals surface area contributed by atoms with Crippen molar-refractivity contribution in [2.75, 3.05) is 100 Å². The van der Waals surface area contributed by atoms with Gasteiger partial charge in [0, 0.05) is 73.2 Å². The van der Waals surface area contributed by atoms with E-state index in [9.17, 15) is 76.5 Å². The van der Waals surface area contributed by atoms with Crippen molar-refractivity contribution in [3.05, 3.63) is 71.9 Å². The highest BCUT2D eigenvalue weighted by Crippen LogP contribution is 2.60. The SMILES string of the molecule is CC(=O)NCCOP(=O)(O)OP(=O)(O)OCOc1cc2ccccc2nc1C(=O)N[C@@H]1CNC(=O)[C@H](C(C)C)N(C)C(=O)CN(C)C(=O)CNC(=O)[C@@H]2CCCCN2C(=O)[C@H](NC(=O)OCc2ccccc2)CNC(=O)[C@H](C(C)C)N(C)C(=O)CN(C)C(=O)CNC(=O)[C@@H]2CCCCN2C1=O. The minimum absolute atomic E-state index is 0.0180. The summed E-state index contributed by atoms with van der Waals surface area (Å²) in [5, 5.41) is 18.1. The molecule has 36 nitrogen and oxygen atoms in total. The zero-order valence-electron chi connectivity index (χ0n) is 57.7. The van der Waals surface area contributed by atoms with Gasteiger partial charge in [0.2, 0.25) is 71.8 Å². The van der Waals surface area contributed by atoms with E-state index in [0.29, 0.717) is 36.6 Å². The molecule has 38 heteroatoms. The zero-order chi connectivity index (χ0) is 74.5. The molecular weight excluding hydrogens is 1370 g/mol. The number of phosphoric ester groups is 2. The normalized spacial score (nSPS) is 22.7. The van der Waals surface area contributed by atoms with Gasteiger partial charge in [-0.05, 0) is 68.1 Å². The highest BCUT2D eigenvalue weighted by molar-refractivity contribution is 7.61. The van der Waals surface area contributed by atoms with Gasteiger partial charge in [-0.1, -0.05) is 76.2 Å². The Morgan fingerprint density at radius 2 is 1.11 bits per heavy atom. The Kier molecular flexibility index (Phi) is 30.0. The third-order valence-electron chi connectivity index (χ3n) is 16.7. The number of ether oxygens (including phenoxy) is 2. The van der Waals surface area contributed by atoms with Crippen molar-refractivity contribution in [1.82, 2.24) is 71.6 Å². The van der Waals surface area contributed by atoms with Crippen LogP contribution in [0.25, 0.3) is 10.9 Å². The highest BCUT2D eigenvalue weighted by atomic mass is 31.3. The lowest BCUT2D eigenvalue weighted by molar-refractivity contribution is -0.146. The number of para-hydroxylation sites is 1. The number of piperidine rings is 2. The Balaban J connectivity index is 1.30. The number of carbonyl (C=O) groups is 13. The van der Waals surface area contributed by atoms with Crippen LogP contribution in [0.3, 0.4) is 0 Å². The van der Waals surface area contributed by atoms with Crippen molar-refractivity contribution in [1.29, 1.82) is 0 Å². The summed E-state index contributed by atoms with van der Waals surface area (Å²) in [6.45, 7) is 1.31. The molecule has 0 spiro atoms. The van der Waals surface area contributed by atoms with Gasteiger partial charge < -0.3 is 85.9 Å². The predicted octanol–water partition coefficient (Wildman–Crippen LogP) is -0.525. The minimum atomic E-state index is -5.51. The molecule has 0 aliphatic carbocycles.